The maximum atomic E-state index is 12.3. The van der Waals surface area contributed by atoms with Crippen LogP contribution in [0.25, 0.3) is 90.9 Å². The van der Waals surface area contributed by atoms with Crippen molar-refractivity contribution in [1.82, 2.24) is 19.9 Å². The first-order valence-electron chi connectivity index (χ1n) is 19.0. The number of nitrogens with zero attached hydrogens (tertiary/aromatic N) is 2. The minimum absolute atomic E-state index is 0.338. The Kier molecular flexibility index (Phi) is 8.94. The molecule has 5 heterocycles. The molecule has 0 radical (unpaired) electrons. The van der Waals surface area contributed by atoms with Crippen molar-refractivity contribution >= 4 is 52.3 Å². The fourth-order valence-electron chi connectivity index (χ4n) is 7.46. The highest BCUT2D eigenvalue weighted by molar-refractivity contribution is 6.00. The van der Waals surface area contributed by atoms with Crippen molar-refractivity contribution in [3.63, 3.8) is 0 Å². The fraction of sp³-hybridized carbons (Fsp3) is 0.0784. The van der Waals surface area contributed by atoms with E-state index in [-0.39, 0.29) is 0 Å². The van der Waals surface area contributed by atoms with Crippen LogP contribution in [0.3, 0.4) is 0 Å². The molecule has 0 saturated carbocycles. The van der Waals surface area contributed by atoms with Gasteiger partial charge >= 0.3 is 5.97 Å². The molecular formula is C51H40N4O2. The molecule has 0 fully saturated rings. The van der Waals surface area contributed by atoms with Gasteiger partial charge in [0.2, 0.25) is 0 Å². The van der Waals surface area contributed by atoms with Gasteiger partial charge in [-0.1, -0.05) is 108 Å². The molecule has 57 heavy (non-hydrogen) atoms. The second-order valence-electron chi connectivity index (χ2n) is 14.8. The Bertz CT molecular complexity index is 2920. The average molecular weight is 741 g/mol. The van der Waals surface area contributed by atoms with E-state index in [9.17, 15) is 4.79 Å². The van der Waals surface area contributed by atoms with Crippen LogP contribution in [-0.4, -0.2) is 25.9 Å². The van der Waals surface area contributed by atoms with Gasteiger partial charge in [0, 0.05) is 49.9 Å². The highest BCUT2D eigenvalue weighted by Gasteiger charge is 2.19. The van der Waals surface area contributed by atoms with Gasteiger partial charge in [0.25, 0.3) is 0 Å². The SMILES string of the molecule is C=C(C)C(=O)Oc1ccc(-c2c3nc(c(-c4ccc(C)cc4)c4ccc([nH]4)c(-c4ccc(C)cc4)c4nc(c(-c5ccc(C)cc5)c5ccc2[nH]5)C=C4)C=C3)cc1. The molecule has 0 atom stereocenters. The molecular weight excluding hydrogens is 701 g/mol. The summed E-state index contributed by atoms with van der Waals surface area (Å²) in [4.78, 5) is 30.7. The summed E-state index contributed by atoms with van der Waals surface area (Å²) in [5.41, 5.74) is 19.0. The van der Waals surface area contributed by atoms with Crippen LogP contribution in [0.4, 0.5) is 0 Å². The Labute approximate surface area is 331 Å². The number of aromatic nitrogens is 4. The van der Waals surface area contributed by atoms with E-state index >= 15 is 0 Å². The van der Waals surface area contributed by atoms with Gasteiger partial charge in [-0.25, -0.2) is 14.8 Å². The van der Waals surface area contributed by atoms with Crippen LogP contribution in [0.1, 0.15) is 46.4 Å². The number of esters is 1. The Morgan fingerprint density at radius 3 is 1.02 bits per heavy atom. The van der Waals surface area contributed by atoms with Crippen molar-refractivity contribution in [3.05, 3.63) is 173 Å². The normalized spacial score (nSPS) is 11.9. The molecule has 2 aliphatic rings. The molecule has 7 aromatic rings. The zero-order valence-corrected chi connectivity index (χ0v) is 32.3. The number of carbonyl (C=O) groups is 1. The number of hydrogen-bond donors (Lipinski definition) is 2. The first-order valence-corrected chi connectivity index (χ1v) is 19.0. The predicted molar refractivity (Wildman–Crippen MR) is 235 cm³/mol. The molecule has 8 bridgehead atoms. The van der Waals surface area contributed by atoms with E-state index in [0.29, 0.717) is 11.3 Å². The second-order valence-corrected chi connectivity index (χ2v) is 14.8. The Hall–Kier alpha value is -7.31. The number of nitrogens with one attached hydrogen (secondary N) is 2. The number of hydrogen-bond acceptors (Lipinski definition) is 4. The minimum atomic E-state index is -0.463. The number of aromatic amines is 2. The largest absolute Gasteiger partial charge is 0.423 e. The van der Waals surface area contributed by atoms with Gasteiger partial charge in [-0.15, -0.1) is 0 Å². The van der Waals surface area contributed by atoms with Crippen molar-refractivity contribution in [2.24, 2.45) is 0 Å². The van der Waals surface area contributed by atoms with Gasteiger partial charge in [0.15, 0.2) is 0 Å². The summed E-state index contributed by atoms with van der Waals surface area (Å²) in [6.07, 6.45) is 8.41. The number of fused-ring (bicyclic) bond motifs is 8. The van der Waals surface area contributed by atoms with Crippen LogP contribution in [0.2, 0.25) is 0 Å². The van der Waals surface area contributed by atoms with Crippen LogP contribution < -0.4 is 4.74 Å². The average Bonchev–Trinajstić information content (AvgIpc) is 4.05. The van der Waals surface area contributed by atoms with Crippen molar-refractivity contribution in [2.75, 3.05) is 0 Å². The van der Waals surface area contributed by atoms with Crippen LogP contribution in [0.5, 0.6) is 5.75 Å². The standard InChI is InChI=1S/C51H40N4O2/c1-30(2)51(56)57-38-20-18-37(19-21-38)50-45-28-26-43(54-45)48(35-14-8-32(4)9-15-35)41-24-22-39(52-41)47(34-12-6-31(3)7-13-34)40-23-25-42(53-40)49(44-27-29-46(50)55-44)36-16-10-33(5)11-17-36/h6-29,52,55H,1H2,2-5H3. The van der Waals surface area contributed by atoms with Gasteiger partial charge in [-0.3, -0.25) is 0 Å². The monoisotopic (exact) mass is 740 g/mol. The minimum Gasteiger partial charge on any atom is -0.423 e. The fourth-order valence-corrected chi connectivity index (χ4v) is 7.46. The molecule has 276 valence electrons. The third kappa shape index (κ3) is 6.83. The van der Waals surface area contributed by atoms with Gasteiger partial charge < -0.3 is 14.7 Å². The lowest BCUT2D eigenvalue weighted by Gasteiger charge is -2.08. The predicted octanol–water partition coefficient (Wildman–Crippen LogP) is 12.7. The summed E-state index contributed by atoms with van der Waals surface area (Å²) in [5.74, 6) is -0.0218. The summed E-state index contributed by atoms with van der Waals surface area (Å²) in [5, 5.41) is 0. The topological polar surface area (TPSA) is 83.7 Å². The molecule has 0 amide bonds. The summed E-state index contributed by atoms with van der Waals surface area (Å²) >= 11 is 0. The lowest BCUT2D eigenvalue weighted by molar-refractivity contribution is -0.130. The Balaban J connectivity index is 1.41. The van der Waals surface area contributed by atoms with E-state index in [1.165, 1.54) is 16.7 Å². The van der Waals surface area contributed by atoms with E-state index < -0.39 is 5.97 Å². The third-order valence-corrected chi connectivity index (χ3v) is 10.5. The van der Waals surface area contributed by atoms with Crippen molar-refractivity contribution in [2.45, 2.75) is 27.7 Å². The summed E-state index contributed by atoms with van der Waals surface area (Å²) < 4.78 is 5.56. The van der Waals surface area contributed by atoms with Gasteiger partial charge in [-0.05, 0) is 111 Å². The quantitative estimate of drug-likeness (QED) is 0.101. The smallest absolute Gasteiger partial charge is 0.338 e. The first-order chi connectivity index (χ1) is 27.7. The summed E-state index contributed by atoms with van der Waals surface area (Å²) in [7, 11) is 0. The third-order valence-electron chi connectivity index (χ3n) is 10.5. The Morgan fingerprint density at radius 2 is 0.737 bits per heavy atom. The maximum Gasteiger partial charge on any atom is 0.338 e. The molecule has 0 unspecified atom stereocenters. The molecule has 9 rings (SSSR count). The van der Waals surface area contributed by atoms with E-state index in [2.05, 4.69) is 159 Å². The Morgan fingerprint density at radius 1 is 0.456 bits per heavy atom. The molecule has 0 aliphatic carbocycles. The number of ether oxygens (including phenoxy) is 1. The van der Waals surface area contributed by atoms with E-state index in [1.807, 2.05) is 24.3 Å². The zero-order chi connectivity index (χ0) is 39.2. The molecule has 0 spiro atoms. The van der Waals surface area contributed by atoms with Crippen molar-refractivity contribution in [3.8, 4) is 50.3 Å². The van der Waals surface area contributed by atoms with Gasteiger partial charge in [-0.2, -0.15) is 0 Å². The van der Waals surface area contributed by atoms with Gasteiger partial charge in [0.1, 0.15) is 5.75 Å². The summed E-state index contributed by atoms with van der Waals surface area (Å²) in [6.45, 7) is 11.7. The number of carbonyl (C=O) groups excluding carboxylic acids is 1. The van der Waals surface area contributed by atoms with Crippen LogP contribution >= 0.6 is 0 Å². The molecule has 4 aromatic carbocycles. The highest BCUT2D eigenvalue weighted by Crippen LogP contribution is 2.39. The molecule has 3 aromatic heterocycles. The zero-order valence-electron chi connectivity index (χ0n) is 32.3. The van der Waals surface area contributed by atoms with E-state index in [4.69, 9.17) is 14.7 Å². The summed E-state index contributed by atoms with van der Waals surface area (Å²) in [6, 6.07) is 41.9. The molecule has 6 nitrogen and oxygen atoms in total. The molecule has 2 N–H and O–H groups in total. The van der Waals surface area contributed by atoms with Crippen molar-refractivity contribution < 1.29 is 9.53 Å². The van der Waals surface area contributed by atoms with Gasteiger partial charge in [0.05, 0.1) is 22.8 Å². The van der Waals surface area contributed by atoms with E-state index in [0.717, 1.165) is 89.4 Å². The first kappa shape index (κ1) is 35.4. The number of H-pyrrole nitrogens is 2. The highest BCUT2D eigenvalue weighted by atomic mass is 16.5. The van der Waals surface area contributed by atoms with Crippen LogP contribution in [0, 0.1) is 20.8 Å². The molecule has 6 heteroatoms. The lowest BCUT2D eigenvalue weighted by Crippen LogP contribution is -2.07. The lowest BCUT2D eigenvalue weighted by atomic mass is 10.0. The van der Waals surface area contributed by atoms with Crippen molar-refractivity contribution in [1.29, 1.82) is 0 Å². The number of aryl methyl sites for hydroxylation is 3. The maximum absolute atomic E-state index is 12.3. The molecule has 0 saturated heterocycles. The number of rotatable bonds is 6. The second kappa shape index (κ2) is 14.4. The van der Waals surface area contributed by atoms with Crippen LogP contribution in [0.15, 0.2) is 133 Å². The number of benzene rings is 4. The van der Waals surface area contributed by atoms with Crippen LogP contribution in [-0.2, 0) is 4.79 Å². The molecule has 2 aliphatic heterocycles. The van der Waals surface area contributed by atoms with E-state index in [1.54, 1.807) is 6.92 Å².